The lowest BCUT2D eigenvalue weighted by atomic mass is 10.2. The number of benzene rings is 2. The van der Waals surface area contributed by atoms with Crippen molar-refractivity contribution in [2.45, 2.75) is 0 Å². The van der Waals surface area contributed by atoms with Crippen molar-refractivity contribution in [1.82, 2.24) is 10.4 Å². The highest BCUT2D eigenvalue weighted by molar-refractivity contribution is 9.10. The van der Waals surface area contributed by atoms with E-state index in [1.807, 2.05) is 24.3 Å². The van der Waals surface area contributed by atoms with E-state index in [0.717, 1.165) is 15.4 Å². The van der Waals surface area contributed by atoms with Gasteiger partial charge < -0.3 is 4.98 Å². The van der Waals surface area contributed by atoms with Gasteiger partial charge in [-0.3, -0.25) is 9.59 Å². The van der Waals surface area contributed by atoms with E-state index in [1.165, 1.54) is 6.21 Å². The number of halogens is 1. The molecule has 0 spiro atoms. The van der Waals surface area contributed by atoms with Crippen LogP contribution in [0.4, 0.5) is 0 Å². The fourth-order valence-electron chi connectivity index (χ4n) is 2.09. The molecule has 3 aromatic rings. The van der Waals surface area contributed by atoms with E-state index >= 15 is 0 Å². The first-order valence-corrected chi connectivity index (χ1v) is 7.64. The quantitative estimate of drug-likeness (QED) is 0.549. The maximum atomic E-state index is 12.0. The van der Waals surface area contributed by atoms with Gasteiger partial charge in [-0.05, 0) is 41.8 Å². The Balaban J connectivity index is 1.77. The number of hydrogen-bond donors (Lipinski definition) is 2. The summed E-state index contributed by atoms with van der Waals surface area (Å²) >= 11 is 3.31. The third kappa shape index (κ3) is 3.54. The van der Waals surface area contributed by atoms with Crippen LogP contribution in [-0.4, -0.2) is 17.1 Å². The van der Waals surface area contributed by atoms with Crippen molar-refractivity contribution in [3.8, 4) is 0 Å². The van der Waals surface area contributed by atoms with Crippen molar-refractivity contribution < 1.29 is 4.79 Å². The SMILES string of the molecule is O=C(NN=Cc1cc2ccccc2[nH]c1=O)c1ccc(Br)cc1. The number of para-hydroxylation sites is 1. The second-order valence-corrected chi connectivity index (χ2v) is 5.76. The normalized spacial score (nSPS) is 11.0. The summed E-state index contributed by atoms with van der Waals surface area (Å²) in [6.07, 6.45) is 1.34. The third-order valence-electron chi connectivity index (χ3n) is 3.26. The number of amides is 1. The zero-order valence-corrected chi connectivity index (χ0v) is 13.5. The molecule has 1 heterocycles. The van der Waals surface area contributed by atoms with E-state index in [-0.39, 0.29) is 11.5 Å². The number of fused-ring (bicyclic) bond motifs is 1. The van der Waals surface area contributed by atoms with Gasteiger partial charge in [-0.15, -0.1) is 0 Å². The number of nitrogens with zero attached hydrogens (tertiary/aromatic N) is 1. The molecule has 0 aliphatic heterocycles. The van der Waals surface area contributed by atoms with Gasteiger partial charge in [0.1, 0.15) is 0 Å². The lowest BCUT2D eigenvalue weighted by Crippen LogP contribution is -2.19. The predicted octanol–water partition coefficient (Wildman–Crippen LogP) is 3.05. The average molecular weight is 370 g/mol. The van der Waals surface area contributed by atoms with Crippen LogP contribution in [0.3, 0.4) is 0 Å². The highest BCUT2D eigenvalue weighted by atomic mass is 79.9. The molecule has 0 fully saturated rings. The number of aromatic amines is 1. The van der Waals surface area contributed by atoms with Crippen LogP contribution in [0, 0.1) is 0 Å². The minimum atomic E-state index is -0.342. The zero-order valence-electron chi connectivity index (χ0n) is 11.9. The Labute approximate surface area is 140 Å². The van der Waals surface area contributed by atoms with E-state index in [1.54, 1.807) is 30.3 Å². The molecule has 114 valence electrons. The van der Waals surface area contributed by atoms with Crippen LogP contribution in [0.15, 0.2) is 69.0 Å². The monoisotopic (exact) mass is 369 g/mol. The molecule has 23 heavy (non-hydrogen) atoms. The van der Waals surface area contributed by atoms with Crippen LogP contribution in [0.2, 0.25) is 0 Å². The topological polar surface area (TPSA) is 74.3 Å². The van der Waals surface area contributed by atoms with Gasteiger partial charge >= 0.3 is 0 Å². The van der Waals surface area contributed by atoms with Gasteiger partial charge in [-0.2, -0.15) is 5.10 Å². The molecule has 6 heteroatoms. The number of rotatable bonds is 3. The molecular formula is C17H12BrN3O2. The smallest absolute Gasteiger partial charge is 0.271 e. The van der Waals surface area contributed by atoms with E-state index in [2.05, 4.69) is 31.4 Å². The average Bonchev–Trinajstić information content (AvgIpc) is 2.56. The molecule has 5 nitrogen and oxygen atoms in total. The van der Waals surface area contributed by atoms with Gasteiger partial charge in [-0.25, -0.2) is 5.43 Å². The molecule has 0 atom stereocenters. The van der Waals surface area contributed by atoms with Crippen LogP contribution in [-0.2, 0) is 0 Å². The number of pyridine rings is 1. The maximum Gasteiger partial charge on any atom is 0.271 e. The Morgan fingerprint density at radius 1 is 1.13 bits per heavy atom. The molecule has 0 unspecified atom stereocenters. The van der Waals surface area contributed by atoms with Crippen molar-refractivity contribution in [3.05, 3.63) is 80.6 Å². The third-order valence-corrected chi connectivity index (χ3v) is 3.79. The summed E-state index contributed by atoms with van der Waals surface area (Å²) in [5.74, 6) is -0.342. The Morgan fingerprint density at radius 3 is 2.65 bits per heavy atom. The highest BCUT2D eigenvalue weighted by Crippen LogP contribution is 2.10. The number of carbonyl (C=O) groups excluding carboxylic acids is 1. The van der Waals surface area contributed by atoms with Crippen molar-refractivity contribution in [2.24, 2.45) is 5.10 Å². The van der Waals surface area contributed by atoms with Crippen LogP contribution in [0.25, 0.3) is 10.9 Å². The molecule has 2 N–H and O–H groups in total. The Bertz CT molecular complexity index is 946. The fraction of sp³-hybridized carbons (Fsp3) is 0. The number of aromatic nitrogens is 1. The summed E-state index contributed by atoms with van der Waals surface area (Å²) in [5.41, 5.74) is 3.76. The number of H-pyrrole nitrogens is 1. The lowest BCUT2D eigenvalue weighted by Gasteiger charge is -2.01. The van der Waals surface area contributed by atoms with Crippen molar-refractivity contribution >= 4 is 39.0 Å². The molecular weight excluding hydrogens is 358 g/mol. The summed E-state index contributed by atoms with van der Waals surface area (Å²) in [5, 5.41) is 4.75. The first-order chi connectivity index (χ1) is 11.1. The summed E-state index contributed by atoms with van der Waals surface area (Å²) < 4.78 is 0.889. The molecule has 0 bridgehead atoms. The van der Waals surface area contributed by atoms with Gasteiger partial charge in [-0.1, -0.05) is 34.1 Å². The molecule has 0 aliphatic carbocycles. The van der Waals surface area contributed by atoms with Gasteiger partial charge in [0, 0.05) is 15.6 Å². The van der Waals surface area contributed by atoms with Crippen molar-refractivity contribution in [3.63, 3.8) is 0 Å². The van der Waals surface area contributed by atoms with E-state index < -0.39 is 0 Å². The van der Waals surface area contributed by atoms with Gasteiger partial charge in [0.15, 0.2) is 0 Å². The molecule has 3 rings (SSSR count). The fourth-order valence-corrected chi connectivity index (χ4v) is 2.35. The number of carbonyl (C=O) groups is 1. The van der Waals surface area contributed by atoms with Crippen molar-refractivity contribution in [2.75, 3.05) is 0 Å². The van der Waals surface area contributed by atoms with Gasteiger partial charge in [0.05, 0.1) is 11.8 Å². The van der Waals surface area contributed by atoms with Gasteiger partial charge in [0.25, 0.3) is 11.5 Å². The minimum Gasteiger partial charge on any atom is -0.321 e. The van der Waals surface area contributed by atoms with Gasteiger partial charge in [0.2, 0.25) is 0 Å². The maximum absolute atomic E-state index is 12.0. The minimum absolute atomic E-state index is 0.259. The second-order valence-electron chi connectivity index (χ2n) is 4.85. The van der Waals surface area contributed by atoms with E-state index in [9.17, 15) is 9.59 Å². The Kier molecular flexibility index (Phi) is 4.34. The molecule has 0 aliphatic rings. The molecule has 1 aromatic heterocycles. The zero-order chi connectivity index (χ0) is 16.2. The molecule has 0 saturated heterocycles. The van der Waals surface area contributed by atoms with Crippen LogP contribution in [0.5, 0.6) is 0 Å². The number of hydrogen-bond acceptors (Lipinski definition) is 3. The predicted molar refractivity (Wildman–Crippen MR) is 93.8 cm³/mol. The first-order valence-electron chi connectivity index (χ1n) is 6.84. The number of nitrogens with one attached hydrogen (secondary N) is 2. The van der Waals surface area contributed by atoms with E-state index in [4.69, 9.17) is 0 Å². The van der Waals surface area contributed by atoms with E-state index in [0.29, 0.717) is 11.1 Å². The largest absolute Gasteiger partial charge is 0.321 e. The summed E-state index contributed by atoms with van der Waals surface area (Å²) in [6.45, 7) is 0. The number of hydrazone groups is 1. The van der Waals surface area contributed by atoms with Crippen LogP contribution in [0.1, 0.15) is 15.9 Å². The lowest BCUT2D eigenvalue weighted by molar-refractivity contribution is 0.0955. The Hall–Kier alpha value is -2.73. The molecule has 1 amide bonds. The standard InChI is InChI=1S/C17H12BrN3O2/c18-14-7-5-11(6-8-14)17(23)21-19-10-13-9-12-3-1-2-4-15(12)20-16(13)22/h1-10H,(H,20,22)(H,21,23). The molecule has 0 radical (unpaired) electrons. The summed E-state index contributed by atoms with van der Waals surface area (Å²) in [4.78, 5) is 26.6. The summed E-state index contributed by atoms with van der Waals surface area (Å²) in [7, 11) is 0. The van der Waals surface area contributed by atoms with Crippen LogP contribution < -0.4 is 11.0 Å². The van der Waals surface area contributed by atoms with Crippen molar-refractivity contribution in [1.29, 1.82) is 0 Å². The molecule has 0 saturated carbocycles. The summed E-state index contributed by atoms with van der Waals surface area (Å²) in [6, 6.07) is 16.1. The second kappa shape index (κ2) is 6.58. The Morgan fingerprint density at radius 2 is 1.87 bits per heavy atom. The van der Waals surface area contributed by atoms with Crippen LogP contribution >= 0.6 is 15.9 Å². The molecule has 2 aromatic carbocycles. The highest BCUT2D eigenvalue weighted by Gasteiger charge is 2.04. The first kappa shape index (κ1) is 15.2.